The molecule has 3 fully saturated rings. The van der Waals surface area contributed by atoms with E-state index in [1.165, 1.54) is 4.90 Å². The number of likely N-dealkylation sites (tertiary alicyclic amines) is 1. The maximum Gasteiger partial charge on any atom is 0.408 e. The summed E-state index contributed by atoms with van der Waals surface area (Å²) in [4.78, 5) is 40.6. The third-order valence-corrected chi connectivity index (χ3v) is 8.22. The number of halogens is 3. The fourth-order valence-corrected chi connectivity index (χ4v) is 6.09. The number of alkyl halides is 3. The Kier molecular flexibility index (Phi) is 9.05. The highest BCUT2D eigenvalue weighted by molar-refractivity contribution is 5.99. The Morgan fingerprint density at radius 2 is 2.02 bits per heavy atom. The molecule has 2 aromatic heterocycles. The lowest BCUT2D eigenvalue weighted by Crippen LogP contribution is -2.59. The molecule has 10 nitrogen and oxygen atoms in total. The van der Waals surface area contributed by atoms with Gasteiger partial charge in [-0.2, -0.15) is 13.2 Å². The number of carbonyl (C=O) groups is 2. The van der Waals surface area contributed by atoms with Crippen LogP contribution in [0.3, 0.4) is 0 Å². The minimum absolute atomic E-state index is 0.0287. The Morgan fingerprint density at radius 1 is 1.19 bits per heavy atom. The molecule has 3 saturated heterocycles. The van der Waals surface area contributed by atoms with Gasteiger partial charge < -0.3 is 30.1 Å². The number of amides is 3. The molecule has 42 heavy (non-hydrogen) atoms. The summed E-state index contributed by atoms with van der Waals surface area (Å²) in [5.74, 6) is 0.184. The van der Waals surface area contributed by atoms with Crippen molar-refractivity contribution in [2.24, 2.45) is 0 Å². The van der Waals surface area contributed by atoms with Gasteiger partial charge in [0.15, 0.2) is 5.69 Å². The standard InChI is InChI=1S/C29H38F3N7O3/c1-3-21-18-37(28(41)39-12-6-8-24(39)29(30,31)32)13-14-38(21)22-15-23(42-4-2)25(19-7-5-10-33-16-19)36-26(22)27(40)35-20-9-11-34-17-20/h5,7,10,15-16,20-21,24,34H,3-4,6,8-9,11-14,17-18H2,1-2H3,(H,35,40)/t20-,21-,24+/m1/s1. The molecule has 0 aromatic carbocycles. The largest absolute Gasteiger partial charge is 0.492 e. The smallest absolute Gasteiger partial charge is 0.408 e. The molecule has 0 bridgehead atoms. The van der Waals surface area contributed by atoms with E-state index in [1.807, 2.05) is 30.9 Å². The average molecular weight is 590 g/mol. The molecule has 2 aromatic rings. The zero-order valence-electron chi connectivity index (χ0n) is 24.0. The van der Waals surface area contributed by atoms with Crippen LogP contribution in [-0.4, -0.2) is 102 Å². The van der Waals surface area contributed by atoms with Gasteiger partial charge in [-0.3, -0.25) is 9.78 Å². The highest BCUT2D eigenvalue weighted by Crippen LogP contribution is 2.37. The Morgan fingerprint density at radius 3 is 2.69 bits per heavy atom. The second-order valence-corrected chi connectivity index (χ2v) is 10.9. The molecule has 3 amide bonds. The van der Waals surface area contributed by atoms with Gasteiger partial charge in [-0.15, -0.1) is 0 Å². The molecule has 13 heteroatoms. The number of pyridine rings is 2. The van der Waals surface area contributed by atoms with Crippen LogP contribution < -0.4 is 20.3 Å². The lowest BCUT2D eigenvalue weighted by Gasteiger charge is -2.44. The van der Waals surface area contributed by atoms with Gasteiger partial charge in [0.2, 0.25) is 0 Å². The molecule has 2 N–H and O–H groups in total. The third-order valence-electron chi connectivity index (χ3n) is 8.22. The topological polar surface area (TPSA) is 103 Å². The van der Waals surface area contributed by atoms with E-state index >= 15 is 0 Å². The zero-order valence-corrected chi connectivity index (χ0v) is 24.0. The number of piperazine rings is 1. The van der Waals surface area contributed by atoms with Crippen LogP contribution >= 0.6 is 0 Å². The highest BCUT2D eigenvalue weighted by Gasteiger charge is 2.49. The molecular formula is C29H38F3N7O3. The number of hydrogen-bond donors (Lipinski definition) is 2. The first-order valence-corrected chi connectivity index (χ1v) is 14.7. The van der Waals surface area contributed by atoms with Crippen molar-refractivity contribution in [3.8, 4) is 17.0 Å². The molecule has 5 heterocycles. The van der Waals surface area contributed by atoms with E-state index in [0.717, 1.165) is 17.9 Å². The van der Waals surface area contributed by atoms with Crippen LogP contribution in [0.25, 0.3) is 11.3 Å². The number of aromatic nitrogens is 2. The van der Waals surface area contributed by atoms with Crippen LogP contribution in [0.2, 0.25) is 0 Å². The maximum absolute atomic E-state index is 13.7. The molecule has 0 aliphatic carbocycles. The SMILES string of the molecule is CCOc1cc(N2CCN(C(=O)N3CCC[C@H]3C(F)(F)F)C[C@H]2CC)c(C(=O)N[C@@H]2CCNC2)nc1-c1cccnc1. The number of urea groups is 1. The summed E-state index contributed by atoms with van der Waals surface area (Å²) < 4.78 is 46.8. The summed E-state index contributed by atoms with van der Waals surface area (Å²) >= 11 is 0. The van der Waals surface area contributed by atoms with Crippen LogP contribution in [0.5, 0.6) is 5.75 Å². The lowest BCUT2D eigenvalue weighted by atomic mass is 10.0. The van der Waals surface area contributed by atoms with Crippen molar-refractivity contribution < 1.29 is 27.5 Å². The number of hydrogen-bond acceptors (Lipinski definition) is 7. The monoisotopic (exact) mass is 589 g/mol. The van der Waals surface area contributed by atoms with Crippen molar-refractivity contribution in [2.45, 2.75) is 63.8 Å². The first kappa shape index (κ1) is 29.9. The Labute approximate surface area is 243 Å². The second-order valence-electron chi connectivity index (χ2n) is 10.9. The van der Waals surface area contributed by atoms with Crippen LogP contribution in [-0.2, 0) is 0 Å². The fraction of sp³-hybridized carbons (Fsp3) is 0.586. The van der Waals surface area contributed by atoms with Crippen molar-refractivity contribution in [3.63, 3.8) is 0 Å². The van der Waals surface area contributed by atoms with Gasteiger partial charge in [0.25, 0.3) is 5.91 Å². The number of nitrogens with one attached hydrogen (secondary N) is 2. The summed E-state index contributed by atoms with van der Waals surface area (Å²) in [6.07, 6.45) is 0.541. The van der Waals surface area contributed by atoms with Gasteiger partial charge >= 0.3 is 12.2 Å². The third kappa shape index (κ3) is 6.25. The summed E-state index contributed by atoms with van der Waals surface area (Å²) in [5, 5.41) is 6.35. The molecular weight excluding hydrogens is 551 g/mol. The minimum atomic E-state index is -4.45. The van der Waals surface area contributed by atoms with Crippen LogP contribution in [0, 0.1) is 0 Å². The van der Waals surface area contributed by atoms with Crippen LogP contribution in [0.4, 0.5) is 23.7 Å². The minimum Gasteiger partial charge on any atom is -0.492 e. The normalized spacial score (nSPS) is 22.9. The first-order valence-electron chi connectivity index (χ1n) is 14.7. The van der Waals surface area contributed by atoms with Crippen LogP contribution in [0.15, 0.2) is 30.6 Å². The van der Waals surface area contributed by atoms with Crippen LogP contribution in [0.1, 0.15) is 50.0 Å². The zero-order chi connectivity index (χ0) is 29.9. The number of nitrogens with zero attached hydrogens (tertiary/aromatic N) is 5. The van der Waals surface area contributed by atoms with Crippen molar-refractivity contribution in [2.75, 3.05) is 50.8 Å². The van der Waals surface area contributed by atoms with Crippen molar-refractivity contribution >= 4 is 17.6 Å². The molecule has 0 saturated carbocycles. The van der Waals surface area contributed by atoms with Gasteiger partial charge in [0.05, 0.1) is 12.3 Å². The highest BCUT2D eigenvalue weighted by atomic mass is 19.4. The molecule has 3 aliphatic rings. The molecule has 0 radical (unpaired) electrons. The van der Waals surface area contributed by atoms with Gasteiger partial charge in [0.1, 0.15) is 17.5 Å². The number of ether oxygens (including phenoxy) is 1. The predicted octanol–water partition coefficient (Wildman–Crippen LogP) is 3.68. The molecule has 0 unspecified atom stereocenters. The van der Waals surface area contributed by atoms with E-state index in [-0.39, 0.29) is 49.7 Å². The second kappa shape index (κ2) is 12.7. The van der Waals surface area contributed by atoms with Gasteiger partial charge in [-0.05, 0) is 51.3 Å². The van der Waals surface area contributed by atoms with E-state index in [0.29, 0.717) is 55.2 Å². The number of anilines is 1. The van der Waals surface area contributed by atoms with Gasteiger partial charge in [0, 0.05) is 68.8 Å². The fourth-order valence-electron chi connectivity index (χ4n) is 6.09. The van der Waals surface area contributed by atoms with Crippen molar-refractivity contribution in [1.82, 2.24) is 30.4 Å². The van der Waals surface area contributed by atoms with E-state index in [1.54, 1.807) is 18.5 Å². The van der Waals surface area contributed by atoms with Gasteiger partial charge in [-0.1, -0.05) is 6.92 Å². The lowest BCUT2D eigenvalue weighted by molar-refractivity contribution is -0.170. The maximum atomic E-state index is 13.7. The predicted molar refractivity (Wildman–Crippen MR) is 152 cm³/mol. The molecule has 3 atom stereocenters. The molecule has 3 aliphatic heterocycles. The first-order chi connectivity index (χ1) is 20.2. The summed E-state index contributed by atoms with van der Waals surface area (Å²) in [6, 6.07) is 2.86. The summed E-state index contributed by atoms with van der Waals surface area (Å²) in [5.41, 5.74) is 2.01. The van der Waals surface area contributed by atoms with E-state index in [2.05, 4.69) is 15.6 Å². The van der Waals surface area contributed by atoms with E-state index in [4.69, 9.17) is 9.72 Å². The van der Waals surface area contributed by atoms with E-state index in [9.17, 15) is 22.8 Å². The van der Waals surface area contributed by atoms with Crippen molar-refractivity contribution in [3.05, 3.63) is 36.3 Å². The number of carbonyl (C=O) groups excluding carboxylic acids is 2. The summed E-state index contributed by atoms with van der Waals surface area (Å²) in [6.45, 7) is 6.57. The molecule has 0 spiro atoms. The quantitative estimate of drug-likeness (QED) is 0.508. The number of rotatable bonds is 7. The van der Waals surface area contributed by atoms with Gasteiger partial charge in [-0.25, -0.2) is 9.78 Å². The molecule has 228 valence electrons. The Balaban J connectivity index is 1.47. The Bertz CT molecular complexity index is 1260. The Hall–Kier alpha value is -3.61. The van der Waals surface area contributed by atoms with E-state index < -0.39 is 18.2 Å². The van der Waals surface area contributed by atoms with Crippen molar-refractivity contribution in [1.29, 1.82) is 0 Å². The summed E-state index contributed by atoms with van der Waals surface area (Å²) in [7, 11) is 0. The molecule has 5 rings (SSSR count). The average Bonchev–Trinajstić information content (AvgIpc) is 3.70.